The molecule has 6 nitrogen and oxygen atoms in total. The lowest BCUT2D eigenvalue weighted by atomic mass is 10.1. The average Bonchev–Trinajstić information content (AvgIpc) is 2.89. The van der Waals surface area contributed by atoms with Crippen molar-refractivity contribution in [3.05, 3.63) is 29.8 Å². The number of aliphatic hydroxyl groups is 1. The molecule has 21 heavy (non-hydrogen) atoms. The van der Waals surface area contributed by atoms with Gasteiger partial charge in [-0.05, 0) is 49.4 Å². The standard InChI is InChI=1S/C15H20N2O4/c16-14(19)9-21-13-5-2-11(3-6-13)15(20)17-8-10-1-4-12(18)7-10/h2-3,5-6,10,12,18H,1,4,7-9H2,(H2,16,19)(H,17,20). The molecule has 2 amide bonds. The van der Waals surface area contributed by atoms with Crippen molar-refractivity contribution in [3.63, 3.8) is 0 Å². The Bertz CT molecular complexity index is 501. The Kier molecular flexibility index (Phi) is 5.16. The lowest BCUT2D eigenvalue weighted by Gasteiger charge is -2.11. The van der Waals surface area contributed by atoms with Crippen molar-refractivity contribution in [1.29, 1.82) is 0 Å². The fourth-order valence-electron chi connectivity index (χ4n) is 2.43. The third-order valence-corrected chi connectivity index (χ3v) is 3.56. The van der Waals surface area contributed by atoms with Crippen molar-refractivity contribution in [3.8, 4) is 5.75 Å². The van der Waals surface area contributed by atoms with Crippen LogP contribution in [0.4, 0.5) is 0 Å². The van der Waals surface area contributed by atoms with Crippen LogP contribution in [0, 0.1) is 5.92 Å². The Morgan fingerprint density at radius 2 is 2.00 bits per heavy atom. The van der Waals surface area contributed by atoms with Crippen LogP contribution >= 0.6 is 0 Å². The van der Waals surface area contributed by atoms with Gasteiger partial charge < -0.3 is 20.9 Å². The number of amides is 2. The molecule has 0 heterocycles. The van der Waals surface area contributed by atoms with Gasteiger partial charge in [0, 0.05) is 12.1 Å². The first kappa shape index (κ1) is 15.3. The molecule has 4 N–H and O–H groups in total. The molecule has 6 heteroatoms. The number of aliphatic hydroxyl groups excluding tert-OH is 1. The van der Waals surface area contributed by atoms with E-state index in [1.807, 2.05) is 0 Å². The summed E-state index contributed by atoms with van der Waals surface area (Å²) in [6.07, 6.45) is 2.28. The molecule has 1 aromatic rings. The predicted octanol–water partition coefficient (Wildman–Crippen LogP) is 0.441. The highest BCUT2D eigenvalue weighted by Crippen LogP contribution is 2.24. The lowest BCUT2D eigenvalue weighted by Crippen LogP contribution is -2.28. The zero-order valence-corrected chi connectivity index (χ0v) is 11.7. The van der Waals surface area contributed by atoms with Gasteiger partial charge >= 0.3 is 0 Å². The molecule has 0 radical (unpaired) electrons. The number of primary amides is 1. The highest BCUT2D eigenvalue weighted by Gasteiger charge is 2.23. The zero-order chi connectivity index (χ0) is 15.2. The van der Waals surface area contributed by atoms with Crippen LogP contribution in [0.5, 0.6) is 5.75 Å². The van der Waals surface area contributed by atoms with Crippen LogP contribution in [0.25, 0.3) is 0 Å². The molecule has 1 aliphatic rings. The summed E-state index contributed by atoms with van der Waals surface area (Å²) in [5.41, 5.74) is 5.51. The molecule has 2 atom stereocenters. The summed E-state index contributed by atoms with van der Waals surface area (Å²) in [5, 5.41) is 12.3. The number of rotatable bonds is 6. The van der Waals surface area contributed by atoms with Gasteiger partial charge in [0.2, 0.25) is 0 Å². The van der Waals surface area contributed by atoms with E-state index in [-0.39, 0.29) is 18.6 Å². The van der Waals surface area contributed by atoms with Crippen LogP contribution in [-0.2, 0) is 4.79 Å². The van der Waals surface area contributed by atoms with Crippen molar-refractivity contribution >= 4 is 11.8 Å². The summed E-state index contributed by atoms with van der Waals surface area (Å²) in [4.78, 5) is 22.6. The van der Waals surface area contributed by atoms with Crippen molar-refractivity contribution in [1.82, 2.24) is 5.32 Å². The minimum absolute atomic E-state index is 0.155. The third kappa shape index (κ3) is 4.75. The third-order valence-electron chi connectivity index (χ3n) is 3.56. The highest BCUT2D eigenvalue weighted by atomic mass is 16.5. The number of ether oxygens (including phenoxy) is 1. The first-order valence-corrected chi connectivity index (χ1v) is 7.02. The maximum Gasteiger partial charge on any atom is 0.255 e. The monoisotopic (exact) mass is 292 g/mol. The van der Waals surface area contributed by atoms with Crippen molar-refractivity contribution < 1.29 is 19.4 Å². The van der Waals surface area contributed by atoms with Gasteiger partial charge in [-0.15, -0.1) is 0 Å². The number of carbonyl (C=O) groups is 2. The summed E-state index contributed by atoms with van der Waals surface area (Å²) in [7, 11) is 0. The minimum atomic E-state index is -0.546. The molecule has 2 rings (SSSR count). The number of hydrogen-bond acceptors (Lipinski definition) is 4. The van der Waals surface area contributed by atoms with Crippen LogP contribution in [0.3, 0.4) is 0 Å². The first-order chi connectivity index (χ1) is 10.0. The molecule has 1 aromatic carbocycles. The molecule has 0 aliphatic heterocycles. The molecule has 0 aromatic heterocycles. The van der Waals surface area contributed by atoms with Crippen LogP contribution in [0.1, 0.15) is 29.6 Å². The fraction of sp³-hybridized carbons (Fsp3) is 0.467. The molecule has 0 bridgehead atoms. The molecule has 0 saturated heterocycles. The largest absolute Gasteiger partial charge is 0.484 e. The maximum absolute atomic E-state index is 12.0. The van der Waals surface area contributed by atoms with Crippen molar-refractivity contribution in [2.45, 2.75) is 25.4 Å². The van der Waals surface area contributed by atoms with E-state index in [0.29, 0.717) is 23.8 Å². The molecule has 1 saturated carbocycles. The Hall–Kier alpha value is -2.08. The highest BCUT2D eigenvalue weighted by molar-refractivity contribution is 5.94. The number of nitrogens with two attached hydrogens (primary N) is 1. The molecule has 0 spiro atoms. The van der Waals surface area contributed by atoms with Gasteiger partial charge in [0.25, 0.3) is 11.8 Å². The summed E-state index contributed by atoms with van der Waals surface area (Å²) in [6.45, 7) is 0.394. The van der Waals surface area contributed by atoms with Gasteiger partial charge in [0.05, 0.1) is 6.10 Å². The topological polar surface area (TPSA) is 102 Å². The molecular weight excluding hydrogens is 272 g/mol. The number of nitrogens with one attached hydrogen (secondary N) is 1. The smallest absolute Gasteiger partial charge is 0.255 e. The Labute approximate surface area is 123 Å². The van der Waals surface area contributed by atoms with Crippen LogP contribution in [0.15, 0.2) is 24.3 Å². The minimum Gasteiger partial charge on any atom is -0.484 e. The van der Waals surface area contributed by atoms with E-state index < -0.39 is 5.91 Å². The Balaban J connectivity index is 1.80. The number of carbonyl (C=O) groups excluding carboxylic acids is 2. The Morgan fingerprint density at radius 1 is 1.29 bits per heavy atom. The summed E-state index contributed by atoms with van der Waals surface area (Å²) in [6, 6.07) is 6.51. The van der Waals surface area contributed by atoms with Gasteiger partial charge in [-0.25, -0.2) is 0 Å². The van der Waals surface area contributed by atoms with Gasteiger partial charge in [0.15, 0.2) is 6.61 Å². The van der Waals surface area contributed by atoms with Crippen LogP contribution in [0.2, 0.25) is 0 Å². The Morgan fingerprint density at radius 3 is 2.57 bits per heavy atom. The van der Waals surface area contributed by atoms with Gasteiger partial charge in [-0.1, -0.05) is 0 Å². The van der Waals surface area contributed by atoms with Crippen molar-refractivity contribution in [2.24, 2.45) is 11.7 Å². The van der Waals surface area contributed by atoms with Gasteiger partial charge in [0.1, 0.15) is 5.75 Å². The normalized spacial score (nSPS) is 21.0. The zero-order valence-electron chi connectivity index (χ0n) is 11.7. The summed E-state index contributed by atoms with van der Waals surface area (Å²) >= 11 is 0. The maximum atomic E-state index is 12.0. The van der Waals surface area contributed by atoms with Gasteiger partial charge in [-0.2, -0.15) is 0 Å². The SMILES string of the molecule is NC(=O)COc1ccc(C(=O)NCC2CCC(O)C2)cc1. The first-order valence-electron chi connectivity index (χ1n) is 7.02. The van der Waals surface area contributed by atoms with E-state index in [1.54, 1.807) is 24.3 Å². The van der Waals surface area contributed by atoms with E-state index >= 15 is 0 Å². The van der Waals surface area contributed by atoms with E-state index in [0.717, 1.165) is 19.3 Å². The molecule has 2 unspecified atom stereocenters. The second-order valence-electron chi connectivity index (χ2n) is 5.32. The molecule has 114 valence electrons. The van der Waals surface area contributed by atoms with E-state index in [1.165, 1.54) is 0 Å². The second kappa shape index (κ2) is 7.08. The average molecular weight is 292 g/mol. The van der Waals surface area contributed by atoms with E-state index in [2.05, 4.69) is 5.32 Å². The number of benzene rings is 1. The lowest BCUT2D eigenvalue weighted by molar-refractivity contribution is -0.119. The molecule has 1 aliphatic carbocycles. The number of hydrogen-bond donors (Lipinski definition) is 3. The summed E-state index contributed by atoms with van der Waals surface area (Å²) in [5.74, 6) is 0.139. The quantitative estimate of drug-likeness (QED) is 0.708. The van der Waals surface area contributed by atoms with Gasteiger partial charge in [-0.3, -0.25) is 9.59 Å². The molecule has 1 fully saturated rings. The van der Waals surface area contributed by atoms with E-state index in [4.69, 9.17) is 10.5 Å². The summed E-state index contributed by atoms with van der Waals surface area (Å²) < 4.78 is 5.12. The van der Waals surface area contributed by atoms with E-state index in [9.17, 15) is 14.7 Å². The van der Waals surface area contributed by atoms with Crippen molar-refractivity contribution in [2.75, 3.05) is 13.2 Å². The predicted molar refractivity (Wildman–Crippen MR) is 76.8 cm³/mol. The molecular formula is C15H20N2O4. The van der Waals surface area contributed by atoms with Crippen LogP contribution < -0.4 is 15.8 Å². The fourth-order valence-corrected chi connectivity index (χ4v) is 2.43. The second-order valence-corrected chi connectivity index (χ2v) is 5.32. The van der Waals surface area contributed by atoms with Crippen LogP contribution in [-0.4, -0.2) is 36.2 Å².